The summed E-state index contributed by atoms with van der Waals surface area (Å²) in [5, 5.41) is 56.9. The number of aliphatic hydroxyl groups excluding tert-OH is 5. The van der Waals surface area contributed by atoms with Crippen molar-refractivity contribution >= 4 is 0 Å². The highest BCUT2D eigenvalue weighted by Gasteiger charge is 2.56. The fraction of sp³-hybridized carbons (Fsp3) is 1.00. The first-order chi connectivity index (χ1) is 7.36. The molecular weight excluding hydrogens is 223 g/mol. The van der Waals surface area contributed by atoms with Crippen molar-refractivity contribution in [3.63, 3.8) is 0 Å². The van der Waals surface area contributed by atoms with E-state index in [0.29, 0.717) is 0 Å². The van der Waals surface area contributed by atoms with Gasteiger partial charge in [0.25, 0.3) is 0 Å². The molecule has 1 rings (SSSR count). The normalized spacial score (nSPS) is 49.3. The fourth-order valence-corrected chi connectivity index (χ4v) is 1.99. The molecule has 0 heterocycles. The average Bonchev–Trinajstić information content (AvgIpc) is 2.29. The lowest BCUT2D eigenvalue weighted by Crippen LogP contribution is -2.70. The average molecular weight is 240 g/mol. The van der Waals surface area contributed by atoms with Gasteiger partial charge in [0, 0.05) is 0 Å². The molecule has 0 aliphatic heterocycles. The molecule has 7 heteroatoms. The van der Waals surface area contributed by atoms with Crippen LogP contribution in [0, 0.1) is 0 Å². The maximum absolute atomic E-state index is 12.0. The summed E-state index contributed by atoms with van der Waals surface area (Å²) in [6, 6.07) is 0. The molecule has 4 unspecified atom stereocenters. The predicted octanol–water partition coefficient (Wildman–Crippen LogP) is -2.71. The van der Waals surface area contributed by atoms with Crippen molar-refractivity contribution in [3.05, 3.63) is 0 Å². The largest absolute Gasteiger partial charge is 0.387 e. The molecule has 1 saturated carbocycles. The van der Waals surface area contributed by atoms with Gasteiger partial charge in [-0.05, 0) is 12.8 Å². The van der Waals surface area contributed by atoms with Crippen LogP contribution in [0.15, 0.2) is 0 Å². The van der Waals surface area contributed by atoms with E-state index in [0.717, 1.165) is 0 Å². The molecule has 0 radical (unpaired) electrons. The highest BCUT2D eigenvalue weighted by Crippen LogP contribution is 2.33. The number of hydrogen-bond acceptors (Lipinski definition) is 6. The summed E-state index contributed by atoms with van der Waals surface area (Å²) >= 11 is 0. The minimum absolute atomic E-state index is 0.139. The van der Waals surface area contributed by atoms with Crippen LogP contribution in [0.2, 0.25) is 0 Å². The summed E-state index contributed by atoms with van der Waals surface area (Å²) in [7, 11) is 0. The lowest BCUT2D eigenvalue weighted by atomic mass is 9.72. The Morgan fingerprint density at radius 1 is 0.875 bits per heavy atom. The first-order valence-electron chi connectivity index (χ1n) is 5.05. The second-order valence-corrected chi connectivity index (χ2v) is 4.15. The molecule has 6 N–H and O–H groups in total. The zero-order valence-corrected chi connectivity index (χ0v) is 8.57. The molecule has 0 aromatic heterocycles. The Morgan fingerprint density at radius 2 is 1.31 bits per heavy atom. The topological polar surface area (TPSA) is 121 Å². The molecule has 1 aliphatic carbocycles. The van der Waals surface area contributed by atoms with Gasteiger partial charge in [-0.3, -0.25) is 4.39 Å². The Balaban J connectivity index is 2.88. The minimum Gasteiger partial charge on any atom is -0.387 e. The second-order valence-electron chi connectivity index (χ2n) is 4.15. The second kappa shape index (κ2) is 4.91. The van der Waals surface area contributed by atoms with Crippen molar-refractivity contribution in [2.75, 3.05) is 6.67 Å². The quantitative estimate of drug-likeness (QED) is 0.319. The molecule has 0 bridgehead atoms. The molecule has 0 spiro atoms. The predicted molar refractivity (Wildman–Crippen MR) is 50.2 cm³/mol. The maximum Gasteiger partial charge on any atom is 0.122 e. The molecule has 1 fully saturated rings. The van der Waals surface area contributed by atoms with Gasteiger partial charge in [-0.25, -0.2) is 0 Å². The molecular formula is C9H17FO6. The number of hydrogen-bond donors (Lipinski definition) is 6. The minimum atomic E-state index is -2.22. The molecule has 1 aliphatic rings. The third kappa shape index (κ3) is 2.06. The van der Waals surface area contributed by atoms with E-state index in [9.17, 15) is 35.0 Å². The third-order valence-corrected chi connectivity index (χ3v) is 3.08. The van der Waals surface area contributed by atoms with E-state index in [1.165, 1.54) is 0 Å². The molecule has 0 amide bonds. The Hall–Kier alpha value is -0.310. The van der Waals surface area contributed by atoms with E-state index in [1.807, 2.05) is 0 Å². The van der Waals surface area contributed by atoms with Crippen LogP contribution in [0.1, 0.15) is 12.8 Å². The summed E-state index contributed by atoms with van der Waals surface area (Å²) in [6.45, 7) is -0.767. The molecule has 16 heavy (non-hydrogen) atoms. The highest BCUT2D eigenvalue weighted by atomic mass is 19.1. The molecule has 96 valence electrons. The maximum atomic E-state index is 12.0. The molecule has 0 aromatic rings. The first kappa shape index (κ1) is 13.8. The highest BCUT2D eigenvalue weighted by molar-refractivity contribution is 5.08. The third-order valence-electron chi connectivity index (χ3n) is 3.08. The fourth-order valence-electron chi connectivity index (χ4n) is 1.99. The molecule has 0 saturated heterocycles. The summed E-state index contributed by atoms with van der Waals surface area (Å²) in [6.07, 6.45) is -9.48. The van der Waals surface area contributed by atoms with Gasteiger partial charge in [0.05, 0.1) is 6.67 Å². The van der Waals surface area contributed by atoms with Gasteiger partial charge in [-0.2, -0.15) is 0 Å². The number of alkyl halides is 1. The Labute approximate surface area is 91.6 Å². The van der Waals surface area contributed by atoms with Gasteiger partial charge in [-0.15, -0.1) is 0 Å². The number of rotatable bonds is 3. The van der Waals surface area contributed by atoms with Crippen LogP contribution in [0.4, 0.5) is 4.39 Å². The standard InChI is InChI=1S/C9H17FO6/c10-3-1-2-9(16)7(14)5(12)4(11)6(13)8(9)15/h4-8,11-16H,1-3H2/t4-,5?,6?,7?,8?,9-. The Kier molecular flexibility index (Phi) is 4.22. The monoisotopic (exact) mass is 240 g/mol. The van der Waals surface area contributed by atoms with E-state index in [4.69, 9.17) is 0 Å². The van der Waals surface area contributed by atoms with Crippen molar-refractivity contribution in [1.29, 1.82) is 0 Å². The lowest BCUT2D eigenvalue weighted by molar-refractivity contribution is -0.270. The van der Waals surface area contributed by atoms with Crippen LogP contribution >= 0.6 is 0 Å². The molecule has 0 aromatic carbocycles. The lowest BCUT2D eigenvalue weighted by Gasteiger charge is -2.47. The van der Waals surface area contributed by atoms with E-state index < -0.39 is 42.8 Å². The van der Waals surface area contributed by atoms with E-state index >= 15 is 0 Å². The summed E-state index contributed by atoms with van der Waals surface area (Å²) in [5.41, 5.74) is -2.22. The van der Waals surface area contributed by atoms with Gasteiger partial charge in [0.1, 0.15) is 36.1 Å². The van der Waals surface area contributed by atoms with Gasteiger partial charge in [0.2, 0.25) is 0 Å². The first-order valence-corrected chi connectivity index (χ1v) is 5.05. The Morgan fingerprint density at radius 3 is 1.69 bits per heavy atom. The van der Waals surface area contributed by atoms with Crippen LogP contribution in [0.5, 0.6) is 0 Å². The zero-order chi connectivity index (χ0) is 12.5. The van der Waals surface area contributed by atoms with E-state index in [1.54, 1.807) is 0 Å². The van der Waals surface area contributed by atoms with Crippen LogP contribution < -0.4 is 0 Å². The van der Waals surface area contributed by atoms with Crippen molar-refractivity contribution < 1.29 is 35.0 Å². The summed E-state index contributed by atoms with van der Waals surface area (Å²) in [5.74, 6) is 0. The van der Waals surface area contributed by atoms with Crippen LogP contribution in [-0.2, 0) is 0 Å². The summed E-state index contributed by atoms with van der Waals surface area (Å²) < 4.78 is 12.0. The van der Waals surface area contributed by atoms with E-state index in [-0.39, 0.29) is 12.8 Å². The molecule has 6 nitrogen and oxygen atoms in total. The van der Waals surface area contributed by atoms with Crippen molar-refractivity contribution in [3.8, 4) is 0 Å². The van der Waals surface area contributed by atoms with Gasteiger partial charge in [0.15, 0.2) is 0 Å². The number of halogens is 1. The zero-order valence-electron chi connectivity index (χ0n) is 8.57. The number of aliphatic hydroxyl groups is 6. The SMILES string of the molecule is OC1C(O)[C@](O)(CCCF)C(O)C(O)[C@@H]1O. The van der Waals surface area contributed by atoms with Gasteiger partial charge in [-0.1, -0.05) is 0 Å². The Bertz CT molecular complexity index is 222. The van der Waals surface area contributed by atoms with Crippen LogP contribution in [0.25, 0.3) is 0 Å². The van der Waals surface area contributed by atoms with Crippen molar-refractivity contribution in [2.24, 2.45) is 0 Å². The van der Waals surface area contributed by atoms with Crippen LogP contribution in [0.3, 0.4) is 0 Å². The van der Waals surface area contributed by atoms with Crippen molar-refractivity contribution in [2.45, 2.75) is 49.0 Å². The van der Waals surface area contributed by atoms with E-state index in [2.05, 4.69) is 0 Å². The smallest absolute Gasteiger partial charge is 0.122 e. The summed E-state index contributed by atoms with van der Waals surface area (Å²) in [4.78, 5) is 0. The van der Waals surface area contributed by atoms with Gasteiger partial charge >= 0.3 is 0 Å². The molecule has 4 atom stereocenters. The van der Waals surface area contributed by atoms with Crippen molar-refractivity contribution in [1.82, 2.24) is 0 Å². The van der Waals surface area contributed by atoms with Crippen LogP contribution in [-0.4, -0.2) is 73.4 Å². The van der Waals surface area contributed by atoms with Gasteiger partial charge < -0.3 is 30.6 Å².